The molecule has 0 fully saturated rings. The number of fused-ring (bicyclic) bond motifs is 1. The number of benzene rings is 1. The molecule has 2 aromatic rings. The largest absolute Gasteiger partial charge is 0.325 e. The van der Waals surface area contributed by atoms with Crippen LogP contribution in [-0.4, -0.2) is 34.1 Å². The van der Waals surface area contributed by atoms with Gasteiger partial charge in [0.2, 0.25) is 0 Å². The van der Waals surface area contributed by atoms with Gasteiger partial charge in [0, 0.05) is 12.1 Å². The number of nitrogens with zero attached hydrogens (tertiary/aromatic N) is 3. The average molecular weight is 335 g/mol. The lowest BCUT2D eigenvalue weighted by atomic mass is 10.0. The van der Waals surface area contributed by atoms with E-state index < -0.39 is 0 Å². The van der Waals surface area contributed by atoms with E-state index in [0.717, 1.165) is 23.4 Å². The first-order chi connectivity index (χ1) is 9.26. The third kappa shape index (κ3) is 2.91. The molecule has 0 unspecified atom stereocenters. The maximum absolute atomic E-state index is 6.13. The third-order valence-electron chi connectivity index (χ3n) is 3.74. The van der Waals surface area contributed by atoms with Crippen molar-refractivity contribution in [2.45, 2.75) is 31.8 Å². The minimum absolute atomic E-state index is 0.0272. The molecule has 2 rings (SSSR count). The van der Waals surface area contributed by atoms with Gasteiger partial charge in [-0.1, -0.05) is 23.2 Å². The van der Waals surface area contributed by atoms with E-state index >= 15 is 0 Å². The quantitative estimate of drug-likeness (QED) is 0.772. The van der Waals surface area contributed by atoms with Gasteiger partial charge in [-0.05, 0) is 40.1 Å². The van der Waals surface area contributed by atoms with E-state index in [-0.39, 0.29) is 5.54 Å². The molecule has 0 atom stereocenters. The molecule has 3 nitrogen and oxygen atoms in total. The van der Waals surface area contributed by atoms with Crippen LogP contribution in [0.3, 0.4) is 0 Å². The Kier molecular flexibility index (Phi) is 4.55. The summed E-state index contributed by atoms with van der Waals surface area (Å²) in [5.41, 5.74) is 1.76. The van der Waals surface area contributed by atoms with E-state index in [1.165, 1.54) is 0 Å². The van der Waals surface area contributed by atoms with E-state index in [1.807, 2.05) is 6.07 Å². The molecule has 1 aromatic carbocycles. The van der Waals surface area contributed by atoms with E-state index in [0.29, 0.717) is 15.9 Å². The fourth-order valence-electron chi connectivity index (χ4n) is 1.98. The molecule has 6 heteroatoms. The number of likely N-dealkylation sites (N-methyl/N-ethyl adjacent to an activating group) is 1. The summed E-state index contributed by atoms with van der Waals surface area (Å²) in [7, 11) is 4.12. The van der Waals surface area contributed by atoms with E-state index in [9.17, 15) is 0 Å². The molecular formula is C14H18Cl3N3. The minimum Gasteiger partial charge on any atom is -0.325 e. The lowest BCUT2D eigenvalue weighted by Crippen LogP contribution is -2.42. The monoisotopic (exact) mass is 333 g/mol. The molecule has 0 saturated carbocycles. The molecule has 0 radical (unpaired) electrons. The average Bonchev–Trinajstić information content (AvgIpc) is 2.67. The highest BCUT2D eigenvalue weighted by molar-refractivity contribution is 6.42. The van der Waals surface area contributed by atoms with Crippen LogP contribution in [0.5, 0.6) is 0 Å². The fourth-order valence-corrected chi connectivity index (χ4v) is 2.50. The minimum atomic E-state index is -0.0272. The number of hydrogen-bond donors (Lipinski definition) is 0. The summed E-state index contributed by atoms with van der Waals surface area (Å²) in [6.07, 6.45) is 0. The van der Waals surface area contributed by atoms with Crippen molar-refractivity contribution < 1.29 is 0 Å². The van der Waals surface area contributed by atoms with Crippen LogP contribution >= 0.6 is 34.8 Å². The first-order valence-corrected chi connectivity index (χ1v) is 7.63. The van der Waals surface area contributed by atoms with Crippen molar-refractivity contribution in [2.24, 2.45) is 0 Å². The Bertz CT molecular complexity index is 632. The topological polar surface area (TPSA) is 21.1 Å². The van der Waals surface area contributed by atoms with Gasteiger partial charge in [0.1, 0.15) is 5.82 Å². The zero-order chi connectivity index (χ0) is 15.1. The molecule has 1 aromatic heterocycles. The lowest BCUT2D eigenvalue weighted by molar-refractivity contribution is 0.170. The van der Waals surface area contributed by atoms with Crippen LogP contribution in [0, 0.1) is 0 Å². The smallest absolute Gasteiger partial charge is 0.124 e. The van der Waals surface area contributed by atoms with Gasteiger partial charge in [-0.3, -0.25) is 0 Å². The Morgan fingerprint density at radius 1 is 1.20 bits per heavy atom. The normalized spacial score (nSPS) is 12.6. The van der Waals surface area contributed by atoms with E-state index in [1.54, 1.807) is 6.07 Å². The van der Waals surface area contributed by atoms with Gasteiger partial charge < -0.3 is 9.47 Å². The van der Waals surface area contributed by atoms with Gasteiger partial charge in [0.05, 0.1) is 27.0 Å². The second kappa shape index (κ2) is 5.72. The molecule has 1 heterocycles. The number of hydrogen-bond acceptors (Lipinski definition) is 2. The molecule has 0 aliphatic rings. The van der Waals surface area contributed by atoms with Gasteiger partial charge in [-0.15, -0.1) is 11.6 Å². The van der Waals surface area contributed by atoms with Crippen molar-refractivity contribution in [3.8, 4) is 0 Å². The Morgan fingerprint density at radius 2 is 1.80 bits per heavy atom. The third-order valence-corrected chi connectivity index (χ3v) is 4.71. The molecule has 0 amide bonds. The molecule has 0 N–H and O–H groups in total. The standard InChI is InChI=1S/C14H18Cl3N3/c1-14(2,19(3)4)8-20-12-6-10(17)9(16)5-11(12)18-13(20)7-15/h5-6H,7-8H2,1-4H3. The van der Waals surface area contributed by atoms with E-state index in [4.69, 9.17) is 34.8 Å². The summed E-state index contributed by atoms with van der Waals surface area (Å²) < 4.78 is 2.12. The summed E-state index contributed by atoms with van der Waals surface area (Å²) in [5, 5.41) is 1.04. The number of halogens is 3. The molecule has 20 heavy (non-hydrogen) atoms. The molecular weight excluding hydrogens is 317 g/mol. The number of rotatable bonds is 4. The van der Waals surface area contributed by atoms with Crippen LogP contribution in [0.25, 0.3) is 11.0 Å². The van der Waals surface area contributed by atoms with Gasteiger partial charge in [-0.25, -0.2) is 4.98 Å². The predicted molar refractivity (Wildman–Crippen MR) is 87.1 cm³/mol. The highest BCUT2D eigenvalue weighted by atomic mass is 35.5. The van der Waals surface area contributed by atoms with Gasteiger partial charge in [0.15, 0.2) is 0 Å². The van der Waals surface area contributed by atoms with Crippen LogP contribution in [0.4, 0.5) is 0 Å². The molecule has 0 aliphatic carbocycles. The Labute approximate surface area is 134 Å². The first-order valence-electron chi connectivity index (χ1n) is 6.34. The summed E-state index contributed by atoms with van der Waals surface area (Å²) >= 11 is 18.2. The maximum atomic E-state index is 6.13. The number of imidazole rings is 1. The summed E-state index contributed by atoms with van der Waals surface area (Å²) in [6.45, 7) is 5.12. The van der Waals surface area contributed by atoms with Gasteiger partial charge in [-0.2, -0.15) is 0 Å². The van der Waals surface area contributed by atoms with Gasteiger partial charge in [0.25, 0.3) is 0 Å². The summed E-state index contributed by atoms with van der Waals surface area (Å²) in [6, 6.07) is 3.64. The van der Waals surface area contributed by atoms with Crippen molar-refractivity contribution in [1.29, 1.82) is 0 Å². The van der Waals surface area contributed by atoms with Crippen molar-refractivity contribution >= 4 is 45.8 Å². The van der Waals surface area contributed by atoms with Crippen molar-refractivity contribution in [1.82, 2.24) is 14.5 Å². The number of aromatic nitrogens is 2. The van der Waals surface area contributed by atoms with Crippen LogP contribution < -0.4 is 0 Å². The number of alkyl halides is 1. The Morgan fingerprint density at radius 3 is 2.35 bits per heavy atom. The fraction of sp³-hybridized carbons (Fsp3) is 0.500. The molecule has 0 aliphatic heterocycles. The van der Waals surface area contributed by atoms with Gasteiger partial charge >= 0.3 is 0 Å². The molecule has 0 bridgehead atoms. The highest BCUT2D eigenvalue weighted by Crippen LogP contribution is 2.30. The predicted octanol–water partition coefficient (Wildman–Crippen LogP) is 4.42. The molecule has 0 spiro atoms. The van der Waals surface area contributed by atoms with E-state index in [2.05, 4.69) is 42.4 Å². The zero-order valence-electron chi connectivity index (χ0n) is 12.0. The summed E-state index contributed by atoms with van der Waals surface area (Å²) in [4.78, 5) is 6.72. The zero-order valence-corrected chi connectivity index (χ0v) is 14.3. The lowest BCUT2D eigenvalue weighted by Gasteiger charge is -2.33. The second-order valence-electron chi connectivity index (χ2n) is 5.71. The second-order valence-corrected chi connectivity index (χ2v) is 6.79. The molecule has 110 valence electrons. The van der Waals surface area contributed by atoms with Crippen LogP contribution in [0.1, 0.15) is 19.7 Å². The maximum Gasteiger partial charge on any atom is 0.124 e. The highest BCUT2D eigenvalue weighted by Gasteiger charge is 2.24. The van der Waals surface area contributed by atoms with Crippen LogP contribution in [0.15, 0.2) is 12.1 Å². The van der Waals surface area contributed by atoms with Crippen molar-refractivity contribution in [2.75, 3.05) is 14.1 Å². The Hall–Kier alpha value is -0.480. The first kappa shape index (κ1) is 15.9. The SMILES string of the molecule is CN(C)C(C)(C)Cn1c(CCl)nc2cc(Cl)c(Cl)cc21. The summed E-state index contributed by atoms with van der Waals surface area (Å²) in [5.74, 6) is 1.18. The van der Waals surface area contributed by atoms with Crippen LogP contribution in [-0.2, 0) is 12.4 Å². The Balaban J connectivity index is 2.59. The van der Waals surface area contributed by atoms with Crippen LogP contribution in [0.2, 0.25) is 10.0 Å². The molecule has 0 saturated heterocycles. The van der Waals surface area contributed by atoms with Crippen molar-refractivity contribution in [3.05, 3.63) is 28.0 Å². The van der Waals surface area contributed by atoms with Crippen molar-refractivity contribution in [3.63, 3.8) is 0 Å².